The van der Waals surface area contributed by atoms with Crippen molar-refractivity contribution >= 4 is 23.2 Å². The Bertz CT molecular complexity index is 577. The largest absolute Gasteiger partial charge is 0.477 e. The predicted octanol–water partition coefficient (Wildman–Crippen LogP) is 0.198. The van der Waals surface area contributed by atoms with E-state index in [9.17, 15) is 9.59 Å². The Morgan fingerprint density at radius 1 is 1.56 bits per heavy atom. The number of nitrogens with one attached hydrogen (secondary N) is 2. The van der Waals surface area contributed by atoms with Crippen molar-refractivity contribution in [3.8, 4) is 0 Å². The van der Waals surface area contributed by atoms with Gasteiger partial charge in [0.1, 0.15) is 16.2 Å². The van der Waals surface area contributed by atoms with Crippen molar-refractivity contribution < 1.29 is 14.7 Å². The Kier molecular flexibility index (Phi) is 3.33. The van der Waals surface area contributed by atoms with Crippen LogP contribution < -0.4 is 5.32 Å². The molecule has 8 nitrogen and oxygen atoms in total. The summed E-state index contributed by atoms with van der Waals surface area (Å²) < 4.78 is 0. The van der Waals surface area contributed by atoms with Crippen molar-refractivity contribution in [1.82, 2.24) is 25.5 Å². The maximum Gasteiger partial charge on any atom is 0.347 e. The third-order valence-corrected chi connectivity index (χ3v) is 3.21. The average Bonchev–Trinajstić information content (AvgIpc) is 2.94. The molecule has 0 unspecified atom stereocenters. The molecule has 3 N–H and O–H groups in total. The first-order chi connectivity index (χ1) is 8.58. The Labute approximate surface area is 105 Å². The van der Waals surface area contributed by atoms with Gasteiger partial charge >= 0.3 is 5.97 Å². The molecule has 2 heterocycles. The van der Waals surface area contributed by atoms with Crippen molar-refractivity contribution in [1.29, 1.82) is 0 Å². The molecule has 18 heavy (non-hydrogen) atoms. The molecule has 0 saturated heterocycles. The fraction of sp³-hybridized carbons (Fsp3) is 0.222. The molecule has 0 aliphatic carbocycles. The van der Waals surface area contributed by atoms with Crippen LogP contribution in [0.1, 0.15) is 31.0 Å². The standard InChI is InChI=1S/C9H9N5O3S/c1-4-6(9(16)17)18-5(13-4)2-10-8(15)7-11-3-12-14-7/h3H,2H2,1H3,(H,10,15)(H,16,17)(H,11,12,14). The summed E-state index contributed by atoms with van der Waals surface area (Å²) in [5.74, 6) is -1.34. The lowest BCUT2D eigenvalue weighted by Crippen LogP contribution is -2.23. The summed E-state index contributed by atoms with van der Waals surface area (Å²) in [5.41, 5.74) is 0.441. The summed E-state index contributed by atoms with van der Waals surface area (Å²) >= 11 is 1.04. The Morgan fingerprint density at radius 2 is 2.33 bits per heavy atom. The molecule has 9 heteroatoms. The van der Waals surface area contributed by atoms with Crippen molar-refractivity contribution in [2.45, 2.75) is 13.5 Å². The van der Waals surface area contributed by atoms with E-state index in [1.165, 1.54) is 6.33 Å². The summed E-state index contributed by atoms with van der Waals surface area (Å²) in [5, 5.41) is 17.9. The van der Waals surface area contributed by atoms with Crippen LogP contribution >= 0.6 is 11.3 Å². The van der Waals surface area contributed by atoms with Crippen molar-refractivity contribution in [2.75, 3.05) is 0 Å². The molecule has 0 fully saturated rings. The van der Waals surface area contributed by atoms with Gasteiger partial charge in [-0.25, -0.2) is 14.8 Å². The maximum absolute atomic E-state index is 11.5. The molecule has 0 aromatic carbocycles. The highest BCUT2D eigenvalue weighted by Crippen LogP contribution is 2.17. The van der Waals surface area contributed by atoms with Crippen LogP contribution in [0, 0.1) is 6.92 Å². The summed E-state index contributed by atoms with van der Waals surface area (Å²) in [7, 11) is 0. The van der Waals surface area contributed by atoms with E-state index in [0.29, 0.717) is 10.7 Å². The van der Waals surface area contributed by atoms with Gasteiger partial charge in [-0.1, -0.05) is 0 Å². The topological polar surface area (TPSA) is 121 Å². The first-order valence-corrected chi connectivity index (χ1v) is 5.72. The fourth-order valence-electron chi connectivity index (χ4n) is 1.28. The molecule has 0 bridgehead atoms. The number of H-pyrrole nitrogens is 1. The number of carboxylic acids is 1. The molecule has 94 valence electrons. The van der Waals surface area contributed by atoms with E-state index in [-0.39, 0.29) is 17.2 Å². The van der Waals surface area contributed by atoms with Crippen LogP contribution in [0.4, 0.5) is 0 Å². The fourth-order valence-corrected chi connectivity index (χ4v) is 2.12. The highest BCUT2D eigenvalue weighted by molar-refractivity contribution is 7.13. The van der Waals surface area contributed by atoms with Gasteiger partial charge in [0.2, 0.25) is 5.82 Å². The van der Waals surface area contributed by atoms with Crippen LogP contribution in [-0.4, -0.2) is 37.1 Å². The molecule has 2 aromatic rings. The summed E-state index contributed by atoms with van der Waals surface area (Å²) in [6, 6.07) is 0. The van der Waals surface area contributed by atoms with Gasteiger partial charge < -0.3 is 10.4 Å². The lowest BCUT2D eigenvalue weighted by Gasteiger charge is -1.98. The number of aromatic nitrogens is 4. The van der Waals surface area contributed by atoms with Gasteiger partial charge in [0.05, 0.1) is 12.2 Å². The lowest BCUT2D eigenvalue weighted by molar-refractivity contribution is 0.0701. The number of rotatable bonds is 4. The SMILES string of the molecule is Cc1nc(CNC(=O)c2ncn[nH]2)sc1C(=O)O. The van der Waals surface area contributed by atoms with E-state index in [4.69, 9.17) is 5.11 Å². The molecule has 0 aliphatic rings. The molecule has 0 saturated carbocycles. The van der Waals surface area contributed by atoms with Gasteiger partial charge in [-0.05, 0) is 6.92 Å². The number of carbonyl (C=O) groups excluding carboxylic acids is 1. The van der Waals surface area contributed by atoms with Gasteiger partial charge in [0.15, 0.2) is 0 Å². The van der Waals surface area contributed by atoms with E-state index >= 15 is 0 Å². The number of thiazole rings is 1. The minimum absolute atomic E-state index is 0.0988. The van der Waals surface area contributed by atoms with Crippen LogP contribution in [0.5, 0.6) is 0 Å². The minimum atomic E-state index is -1.02. The third kappa shape index (κ3) is 2.51. The van der Waals surface area contributed by atoms with E-state index in [2.05, 4.69) is 25.5 Å². The molecule has 2 aromatic heterocycles. The van der Waals surface area contributed by atoms with Gasteiger partial charge in [0.25, 0.3) is 5.91 Å². The molecule has 1 amide bonds. The minimum Gasteiger partial charge on any atom is -0.477 e. The zero-order valence-corrected chi connectivity index (χ0v) is 10.1. The van der Waals surface area contributed by atoms with Gasteiger partial charge in [-0.15, -0.1) is 11.3 Å². The highest BCUT2D eigenvalue weighted by atomic mass is 32.1. The number of hydrogen-bond donors (Lipinski definition) is 3. The summed E-state index contributed by atoms with van der Waals surface area (Å²) in [4.78, 5) is 30.3. The highest BCUT2D eigenvalue weighted by Gasteiger charge is 2.15. The normalized spacial score (nSPS) is 10.3. The predicted molar refractivity (Wildman–Crippen MR) is 61.4 cm³/mol. The van der Waals surface area contributed by atoms with Crippen LogP contribution in [0.3, 0.4) is 0 Å². The Hall–Kier alpha value is -2.29. The molecule has 2 rings (SSSR count). The zero-order valence-electron chi connectivity index (χ0n) is 9.30. The Balaban J connectivity index is 2.01. The molecule has 0 spiro atoms. The number of hydrogen-bond acceptors (Lipinski definition) is 6. The molecule has 0 aliphatic heterocycles. The number of aromatic amines is 1. The lowest BCUT2D eigenvalue weighted by atomic mass is 10.4. The van der Waals surface area contributed by atoms with E-state index in [1.54, 1.807) is 6.92 Å². The number of nitrogens with zero attached hydrogens (tertiary/aromatic N) is 3. The van der Waals surface area contributed by atoms with Gasteiger partial charge in [0, 0.05) is 0 Å². The second-order valence-corrected chi connectivity index (χ2v) is 4.43. The zero-order chi connectivity index (χ0) is 13.1. The first-order valence-electron chi connectivity index (χ1n) is 4.91. The number of aromatic carboxylic acids is 1. The molecular formula is C9H9N5O3S. The Morgan fingerprint density at radius 3 is 2.89 bits per heavy atom. The van der Waals surface area contributed by atoms with Gasteiger partial charge in [-0.3, -0.25) is 9.89 Å². The van der Waals surface area contributed by atoms with Crippen molar-refractivity contribution in [3.05, 3.63) is 27.7 Å². The first kappa shape index (κ1) is 12.2. The van der Waals surface area contributed by atoms with Crippen molar-refractivity contribution in [3.63, 3.8) is 0 Å². The number of aryl methyl sites for hydroxylation is 1. The van der Waals surface area contributed by atoms with Gasteiger partial charge in [-0.2, -0.15) is 5.10 Å². The third-order valence-electron chi connectivity index (χ3n) is 2.07. The van der Waals surface area contributed by atoms with Crippen LogP contribution in [0.2, 0.25) is 0 Å². The number of carbonyl (C=O) groups is 2. The molecular weight excluding hydrogens is 258 g/mol. The van der Waals surface area contributed by atoms with Crippen molar-refractivity contribution in [2.24, 2.45) is 0 Å². The summed E-state index contributed by atoms with van der Waals surface area (Å²) in [6.45, 7) is 1.76. The van der Waals surface area contributed by atoms with E-state index in [0.717, 1.165) is 11.3 Å². The quantitative estimate of drug-likeness (QED) is 0.727. The van der Waals surface area contributed by atoms with E-state index < -0.39 is 11.9 Å². The number of amides is 1. The molecule has 0 atom stereocenters. The van der Waals surface area contributed by atoms with Crippen LogP contribution in [0.15, 0.2) is 6.33 Å². The average molecular weight is 267 g/mol. The molecule has 0 radical (unpaired) electrons. The van der Waals surface area contributed by atoms with Crippen LogP contribution in [-0.2, 0) is 6.54 Å². The van der Waals surface area contributed by atoms with Crippen LogP contribution in [0.25, 0.3) is 0 Å². The van der Waals surface area contributed by atoms with E-state index in [1.807, 2.05) is 0 Å². The second-order valence-electron chi connectivity index (χ2n) is 3.34. The summed E-state index contributed by atoms with van der Waals surface area (Å²) in [6.07, 6.45) is 1.23. The number of carboxylic acid groups (broad SMARTS) is 1. The monoisotopic (exact) mass is 267 g/mol. The second kappa shape index (κ2) is 4.92. The smallest absolute Gasteiger partial charge is 0.347 e. The maximum atomic E-state index is 11.5.